The molecule has 4 heterocycles. The van der Waals surface area contributed by atoms with Gasteiger partial charge in [0.05, 0.1) is 24.3 Å². The molecule has 1 aliphatic carbocycles. The number of fused-ring (bicyclic) bond motifs is 1. The van der Waals surface area contributed by atoms with Crippen LogP contribution in [0.3, 0.4) is 0 Å². The summed E-state index contributed by atoms with van der Waals surface area (Å²) in [6, 6.07) is 2.19. The first kappa shape index (κ1) is 27.7. The van der Waals surface area contributed by atoms with E-state index >= 15 is 0 Å². The first-order valence-corrected chi connectivity index (χ1v) is 13.1. The minimum absolute atomic E-state index is 0.00483. The first-order chi connectivity index (χ1) is 18.8. The lowest BCUT2D eigenvalue weighted by Gasteiger charge is -2.16. The number of hydrogen-bond donors (Lipinski definition) is 2. The zero-order valence-electron chi connectivity index (χ0n) is 21.5. The highest BCUT2D eigenvalue weighted by Crippen LogP contribution is 2.44. The third-order valence-electron chi connectivity index (χ3n) is 6.89. The molecule has 4 aromatic heterocycles. The van der Waals surface area contributed by atoms with Gasteiger partial charge < -0.3 is 11.1 Å². The lowest BCUT2D eigenvalue weighted by atomic mass is 10.0. The van der Waals surface area contributed by atoms with Gasteiger partial charge in [-0.3, -0.25) is 19.0 Å². The highest BCUT2D eigenvalue weighted by Gasteiger charge is 2.38. The van der Waals surface area contributed by atoms with Crippen LogP contribution in [0.1, 0.15) is 64.6 Å². The van der Waals surface area contributed by atoms with Gasteiger partial charge in [0.1, 0.15) is 15.4 Å². The number of alkyl halides is 5. The second kappa shape index (κ2) is 9.94. The molecule has 3 N–H and O–H groups in total. The Bertz CT molecular complexity index is 1630. The van der Waals surface area contributed by atoms with E-state index in [-0.39, 0.29) is 38.8 Å². The second-order valence-electron chi connectivity index (χ2n) is 9.81. The topological polar surface area (TPSA) is 121 Å². The molecule has 0 spiro atoms. The Hall–Kier alpha value is -3.88. The molecule has 212 valence electrons. The zero-order chi connectivity index (χ0) is 29.1. The molecule has 0 aromatic carbocycles. The predicted molar refractivity (Wildman–Crippen MR) is 137 cm³/mol. The molecule has 9 nitrogen and oxygen atoms in total. The molecule has 0 radical (unpaired) electrons. The average molecular weight is 582 g/mol. The van der Waals surface area contributed by atoms with Crippen molar-refractivity contribution < 1.29 is 31.5 Å². The van der Waals surface area contributed by atoms with Gasteiger partial charge in [0, 0.05) is 35.3 Å². The number of pyridine rings is 1. The molecule has 15 heteroatoms. The van der Waals surface area contributed by atoms with Crippen LogP contribution in [0.2, 0.25) is 0 Å². The Morgan fingerprint density at radius 1 is 1.23 bits per heavy atom. The monoisotopic (exact) mass is 581 g/mol. The predicted octanol–water partition coefficient (Wildman–Crippen LogP) is 5.41. The van der Waals surface area contributed by atoms with E-state index in [9.17, 15) is 31.5 Å². The number of thiophene rings is 1. The van der Waals surface area contributed by atoms with Crippen LogP contribution in [0.5, 0.6) is 0 Å². The van der Waals surface area contributed by atoms with E-state index in [1.165, 1.54) is 23.9 Å². The van der Waals surface area contributed by atoms with Crippen molar-refractivity contribution in [3.8, 4) is 11.1 Å². The van der Waals surface area contributed by atoms with Crippen molar-refractivity contribution in [1.29, 1.82) is 0 Å². The van der Waals surface area contributed by atoms with Gasteiger partial charge in [0.25, 0.3) is 12.3 Å². The number of anilines is 1. The molecule has 1 aliphatic rings. The number of halogens is 5. The van der Waals surface area contributed by atoms with Gasteiger partial charge in [0.15, 0.2) is 5.69 Å². The molecule has 0 aliphatic heterocycles. The number of nitrogens with one attached hydrogen (secondary N) is 1. The maximum Gasteiger partial charge on any atom is 0.435 e. The molecule has 5 rings (SSSR count). The van der Waals surface area contributed by atoms with Gasteiger partial charge >= 0.3 is 6.18 Å². The van der Waals surface area contributed by atoms with Gasteiger partial charge in [-0.15, -0.1) is 11.3 Å². The number of carbonyl (C=O) groups excluding carboxylic acids is 2. The Balaban J connectivity index is 1.55. The van der Waals surface area contributed by atoms with Gasteiger partial charge in [-0.25, -0.2) is 13.8 Å². The van der Waals surface area contributed by atoms with Crippen LogP contribution >= 0.6 is 11.3 Å². The van der Waals surface area contributed by atoms with Crippen molar-refractivity contribution in [2.45, 2.75) is 51.8 Å². The fourth-order valence-electron chi connectivity index (χ4n) is 4.51. The van der Waals surface area contributed by atoms with Crippen molar-refractivity contribution in [3.05, 3.63) is 46.0 Å². The quantitative estimate of drug-likeness (QED) is 0.270. The first-order valence-electron chi connectivity index (χ1n) is 12.3. The third kappa shape index (κ3) is 5.05. The summed E-state index contributed by atoms with van der Waals surface area (Å²) in [6.07, 6.45) is -4.59. The number of carbonyl (C=O) groups is 2. The number of amides is 2. The summed E-state index contributed by atoms with van der Waals surface area (Å²) >= 11 is 0.760. The number of nitrogens with two attached hydrogens (primary N) is 1. The molecule has 2 amide bonds. The maximum absolute atomic E-state index is 13.7. The van der Waals surface area contributed by atoms with E-state index in [1.807, 2.05) is 0 Å². The largest absolute Gasteiger partial charge is 0.435 e. The minimum Gasteiger partial charge on any atom is -0.365 e. The van der Waals surface area contributed by atoms with Crippen molar-refractivity contribution in [2.75, 3.05) is 5.32 Å². The van der Waals surface area contributed by atoms with Gasteiger partial charge in [-0.2, -0.15) is 23.4 Å². The SMILES string of the molecule is Cc1c(-c2cc(C(F)F)nc3sc(C(N)=O)c(NC(=O)C(C)Cn4nc(C(F)(F)F)cc4C4CC4)c23)cnn1C. The van der Waals surface area contributed by atoms with Crippen LogP contribution in [0.25, 0.3) is 21.3 Å². The number of rotatable bonds is 8. The zero-order valence-corrected chi connectivity index (χ0v) is 22.3. The molecule has 1 fully saturated rings. The number of hydrogen-bond acceptors (Lipinski definition) is 6. The minimum atomic E-state index is -4.63. The molecule has 4 aromatic rings. The molecule has 0 bridgehead atoms. The van der Waals surface area contributed by atoms with Crippen LogP contribution in [0.4, 0.5) is 27.6 Å². The van der Waals surface area contributed by atoms with Crippen LogP contribution in [-0.2, 0) is 24.6 Å². The summed E-state index contributed by atoms with van der Waals surface area (Å²) in [5.41, 5.74) is 5.83. The normalized spacial score (nSPS) is 14.7. The lowest BCUT2D eigenvalue weighted by molar-refractivity contribution is -0.141. The average Bonchev–Trinajstić information content (AvgIpc) is 3.39. The molecule has 40 heavy (non-hydrogen) atoms. The second-order valence-corrected chi connectivity index (χ2v) is 10.8. The number of aromatic nitrogens is 5. The standard InChI is InChI=1S/C25H24F5N7O2S/c1-10(9-37-16(12-4-5-12)7-17(35-37)25(28,29)30)23(39)34-19-18-13(14-8-32-36(3)11(14)2)6-15(21(26)27)33-24(18)40-20(19)22(31)38/h6-8,10,12,21H,4-5,9H2,1-3H3,(H2,31,38)(H,34,39). The Morgan fingerprint density at radius 2 is 1.93 bits per heavy atom. The number of nitrogens with zero attached hydrogens (tertiary/aromatic N) is 5. The Labute approximate surface area is 228 Å². The van der Waals surface area contributed by atoms with E-state index in [4.69, 9.17) is 5.73 Å². The van der Waals surface area contributed by atoms with Gasteiger partial charge in [-0.05, 0) is 37.5 Å². The molecular formula is C25H24F5N7O2S. The van der Waals surface area contributed by atoms with E-state index in [0.717, 1.165) is 30.2 Å². The van der Waals surface area contributed by atoms with E-state index in [1.54, 1.807) is 18.7 Å². The van der Waals surface area contributed by atoms with Crippen molar-refractivity contribution >= 4 is 39.1 Å². The summed E-state index contributed by atoms with van der Waals surface area (Å²) in [7, 11) is 1.67. The van der Waals surface area contributed by atoms with E-state index in [0.29, 0.717) is 17.0 Å². The smallest absolute Gasteiger partial charge is 0.365 e. The Morgan fingerprint density at radius 3 is 2.48 bits per heavy atom. The fourth-order valence-corrected chi connectivity index (χ4v) is 5.52. The summed E-state index contributed by atoms with van der Waals surface area (Å²) in [5.74, 6) is -2.47. The number of aryl methyl sites for hydroxylation is 1. The molecule has 0 saturated heterocycles. The summed E-state index contributed by atoms with van der Waals surface area (Å²) < 4.78 is 70.1. The summed E-state index contributed by atoms with van der Waals surface area (Å²) in [5, 5.41) is 10.8. The van der Waals surface area contributed by atoms with Crippen LogP contribution < -0.4 is 11.1 Å². The third-order valence-corrected chi connectivity index (χ3v) is 7.99. The molecule has 1 atom stereocenters. The van der Waals surface area contributed by atoms with E-state index in [2.05, 4.69) is 20.5 Å². The summed E-state index contributed by atoms with van der Waals surface area (Å²) in [6.45, 7) is 3.10. The molecular weight excluding hydrogens is 557 g/mol. The highest BCUT2D eigenvalue weighted by molar-refractivity contribution is 7.21. The van der Waals surface area contributed by atoms with Crippen molar-refractivity contribution in [2.24, 2.45) is 18.7 Å². The van der Waals surface area contributed by atoms with Crippen molar-refractivity contribution in [3.63, 3.8) is 0 Å². The molecule has 1 saturated carbocycles. The summed E-state index contributed by atoms with van der Waals surface area (Å²) in [4.78, 5) is 29.7. The Kier molecular flexibility index (Phi) is 6.88. The van der Waals surface area contributed by atoms with E-state index < -0.39 is 41.7 Å². The maximum atomic E-state index is 13.7. The van der Waals surface area contributed by atoms with Gasteiger partial charge in [0.2, 0.25) is 5.91 Å². The fraction of sp³-hybridized carbons (Fsp3) is 0.400. The van der Waals surface area contributed by atoms with Crippen LogP contribution in [0.15, 0.2) is 18.3 Å². The van der Waals surface area contributed by atoms with Crippen LogP contribution in [-0.4, -0.2) is 36.4 Å². The highest BCUT2D eigenvalue weighted by atomic mass is 32.1. The van der Waals surface area contributed by atoms with Gasteiger partial charge in [-0.1, -0.05) is 6.92 Å². The lowest BCUT2D eigenvalue weighted by Crippen LogP contribution is -2.26. The van der Waals surface area contributed by atoms with Crippen LogP contribution in [0, 0.1) is 12.8 Å². The van der Waals surface area contributed by atoms with Crippen molar-refractivity contribution in [1.82, 2.24) is 24.5 Å². The number of primary amides is 1. The molecule has 1 unspecified atom stereocenters.